The van der Waals surface area contributed by atoms with Crippen LogP contribution in [-0.2, 0) is 19.3 Å². The molecule has 2 nitrogen and oxygen atoms in total. The summed E-state index contributed by atoms with van der Waals surface area (Å²) in [6.07, 6.45) is 7.67. The van der Waals surface area contributed by atoms with Crippen LogP contribution in [0.3, 0.4) is 0 Å². The van der Waals surface area contributed by atoms with Gasteiger partial charge in [-0.3, -0.25) is 0 Å². The molecule has 0 aromatic carbocycles. The van der Waals surface area contributed by atoms with Gasteiger partial charge in [0.1, 0.15) is 0 Å². The summed E-state index contributed by atoms with van der Waals surface area (Å²) >= 11 is 5.84. The number of rotatable bonds is 0. The van der Waals surface area contributed by atoms with E-state index in [4.69, 9.17) is 12.2 Å². The highest BCUT2D eigenvalue weighted by Crippen LogP contribution is 2.38. The summed E-state index contributed by atoms with van der Waals surface area (Å²) in [5.74, 6) is 1.40. The Kier molecular flexibility index (Phi) is 2.59. The number of thiocarbonyl (C=S) groups is 1. The van der Waals surface area contributed by atoms with Crippen LogP contribution in [0.2, 0.25) is 0 Å². The number of aromatic nitrogens is 1. The van der Waals surface area contributed by atoms with Crippen molar-refractivity contribution in [3.05, 3.63) is 22.5 Å². The number of H-pyrrole nitrogens is 1. The van der Waals surface area contributed by atoms with Gasteiger partial charge in [-0.05, 0) is 56.6 Å². The van der Waals surface area contributed by atoms with Crippen molar-refractivity contribution in [2.45, 2.75) is 38.5 Å². The third-order valence-corrected chi connectivity index (χ3v) is 5.55. The molecular weight excluding hydrogens is 240 g/mol. The van der Waals surface area contributed by atoms with Crippen molar-refractivity contribution in [3.8, 4) is 0 Å². The highest BCUT2D eigenvalue weighted by atomic mass is 32.1. The molecule has 1 saturated heterocycles. The molecule has 0 spiro atoms. The molecule has 1 fully saturated rings. The van der Waals surface area contributed by atoms with Crippen molar-refractivity contribution in [1.29, 1.82) is 0 Å². The SMILES string of the molecule is S=C1c2c([nH]c3c2CCCC3)C[C@@H]2CCNC[C@@H]12. The predicted octanol–water partition coefficient (Wildman–Crippen LogP) is 2.39. The molecule has 4 rings (SSSR count). The molecule has 0 saturated carbocycles. The van der Waals surface area contributed by atoms with E-state index in [1.54, 1.807) is 5.56 Å². The minimum absolute atomic E-state index is 0.614. The van der Waals surface area contributed by atoms with Crippen LogP contribution in [0.25, 0.3) is 0 Å². The van der Waals surface area contributed by atoms with E-state index < -0.39 is 0 Å². The van der Waals surface area contributed by atoms with Gasteiger partial charge in [0.25, 0.3) is 0 Å². The molecule has 3 heteroatoms. The van der Waals surface area contributed by atoms with Gasteiger partial charge in [0.15, 0.2) is 0 Å². The number of nitrogens with one attached hydrogen (secondary N) is 2. The van der Waals surface area contributed by atoms with Crippen LogP contribution in [-0.4, -0.2) is 22.9 Å². The first-order chi connectivity index (χ1) is 8.84. The Morgan fingerprint density at radius 3 is 2.94 bits per heavy atom. The topological polar surface area (TPSA) is 27.8 Å². The van der Waals surface area contributed by atoms with Crippen LogP contribution in [0, 0.1) is 11.8 Å². The molecule has 2 heterocycles. The summed E-state index contributed by atoms with van der Waals surface area (Å²) in [6.45, 7) is 2.27. The lowest BCUT2D eigenvalue weighted by molar-refractivity contribution is 0.311. The van der Waals surface area contributed by atoms with E-state index in [0.717, 1.165) is 12.5 Å². The van der Waals surface area contributed by atoms with Crippen molar-refractivity contribution in [1.82, 2.24) is 10.3 Å². The van der Waals surface area contributed by atoms with Gasteiger partial charge in [-0.1, -0.05) is 12.2 Å². The number of piperidine rings is 1. The maximum absolute atomic E-state index is 5.84. The fourth-order valence-electron chi connectivity index (χ4n) is 4.11. The molecule has 0 unspecified atom stereocenters. The van der Waals surface area contributed by atoms with Crippen LogP contribution in [0.1, 0.15) is 41.8 Å². The molecule has 1 aliphatic heterocycles. The summed E-state index contributed by atoms with van der Waals surface area (Å²) in [6, 6.07) is 0. The molecule has 96 valence electrons. The lowest BCUT2D eigenvalue weighted by Crippen LogP contribution is -2.44. The monoisotopic (exact) mass is 260 g/mol. The fraction of sp³-hybridized carbons (Fsp3) is 0.667. The van der Waals surface area contributed by atoms with Crippen molar-refractivity contribution in [2.24, 2.45) is 11.8 Å². The first-order valence-electron chi connectivity index (χ1n) is 7.32. The molecule has 2 aliphatic carbocycles. The van der Waals surface area contributed by atoms with Gasteiger partial charge in [-0.15, -0.1) is 0 Å². The first-order valence-corrected chi connectivity index (χ1v) is 7.73. The molecule has 1 aromatic rings. The summed E-state index contributed by atoms with van der Waals surface area (Å²) in [5.41, 5.74) is 6.00. The van der Waals surface area contributed by atoms with Crippen molar-refractivity contribution < 1.29 is 0 Å². The van der Waals surface area contributed by atoms with E-state index >= 15 is 0 Å². The van der Waals surface area contributed by atoms with Gasteiger partial charge < -0.3 is 10.3 Å². The van der Waals surface area contributed by atoms with Crippen LogP contribution >= 0.6 is 12.2 Å². The van der Waals surface area contributed by atoms with Gasteiger partial charge in [-0.25, -0.2) is 0 Å². The minimum Gasteiger partial charge on any atom is -0.361 e. The van der Waals surface area contributed by atoms with E-state index in [1.165, 1.54) is 66.9 Å². The zero-order valence-corrected chi connectivity index (χ0v) is 11.5. The molecule has 1 aromatic heterocycles. The Hall–Kier alpha value is -0.670. The smallest absolute Gasteiger partial charge is 0.0291 e. The predicted molar refractivity (Wildman–Crippen MR) is 77.3 cm³/mol. The Balaban J connectivity index is 1.80. The van der Waals surface area contributed by atoms with Crippen LogP contribution < -0.4 is 5.32 Å². The summed E-state index contributed by atoms with van der Waals surface area (Å²) in [4.78, 5) is 4.97. The fourth-order valence-corrected chi connectivity index (χ4v) is 4.63. The second kappa shape index (κ2) is 4.17. The van der Waals surface area contributed by atoms with Crippen molar-refractivity contribution >= 4 is 17.1 Å². The third kappa shape index (κ3) is 1.53. The zero-order valence-electron chi connectivity index (χ0n) is 10.7. The summed E-state index contributed by atoms with van der Waals surface area (Å²) in [7, 11) is 0. The molecule has 0 bridgehead atoms. The average Bonchev–Trinajstić information content (AvgIpc) is 2.77. The van der Waals surface area contributed by atoms with Crippen LogP contribution in [0.15, 0.2) is 0 Å². The van der Waals surface area contributed by atoms with Gasteiger partial charge in [0.2, 0.25) is 0 Å². The third-order valence-electron chi connectivity index (χ3n) is 5.05. The lowest BCUT2D eigenvalue weighted by atomic mass is 9.73. The van der Waals surface area contributed by atoms with Crippen LogP contribution in [0.4, 0.5) is 0 Å². The van der Waals surface area contributed by atoms with E-state index in [-0.39, 0.29) is 0 Å². The van der Waals surface area contributed by atoms with E-state index in [9.17, 15) is 0 Å². The van der Waals surface area contributed by atoms with Gasteiger partial charge >= 0.3 is 0 Å². The van der Waals surface area contributed by atoms with Crippen molar-refractivity contribution in [2.75, 3.05) is 13.1 Å². The number of aryl methyl sites for hydroxylation is 1. The maximum Gasteiger partial charge on any atom is 0.0291 e. The maximum atomic E-state index is 5.84. The lowest BCUT2D eigenvalue weighted by Gasteiger charge is -2.36. The standard InChI is InChI=1S/C15H20N2S/c18-15-11-8-16-6-5-9(11)7-13-14(15)10-3-1-2-4-12(10)17-13/h9,11,16-17H,1-8H2/t9-,11+/m0/s1. The molecule has 0 radical (unpaired) electrons. The summed E-state index contributed by atoms with van der Waals surface area (Å²) in [5, 5.41) is 3.52. The van der Waals surface area contributed by atoms with Gasteiger partial charge in [-0.2, -0.15) is 0 Å². The van der Waals surface area contributed by atoms with Crippen LogP contribution in [0.5, 0.6) is 0 Å². The van der Waals surface area contributed by atoms with Crippen molar-refractivity contribution in [3.63, 3.8) is 0 Å². The largest absolute Gasteiger partial charge is 0.361 e. The number of hydrogen-bond donors (Lipinski definition) is 2. The Morgan fingerprint density at radius 2 is 2.00 bits per heavy atom. The molecule has 2 atom stereocenters. The Labute approximate surface area is 114 Å². The quantitative estimate of drug-likeness (QED) is 0.701. The molecule has 0 amide bonds. The normalized spacial score (nSPS) is 30.6. The first kappa shape index (κ1) is 11.2. The molecule has 18 heavy (non-hydrogen) atoms. The highest BCUT2D eigenvalue weighted by Gasteiger charge is 2.37. The Morgan fingerprint density at radius 1 is 1.11 bits per heavy atom. The average molecular weight is 260 g/mol. The van der Waals surface area contributed by atoms with Gasteiger partial charge in [0, 0.05) is 34.3 Å². The van der Waals surface area contributed by atoms with E-state index in [0.29, 0.717) is 5.92 Å². The molecule has 3 aliphatic rings. The molecule has 2 N–H and O–H groups in total. The zero-order chi connectivity index (χ0) is 12.1. The number of hydrogen-bond acceptors (Lipinski definition) is 2. The van der Waals surface area contributed by atoms with E-state index in [2.05, 4.69) is 10.3 Å². The minimum atomic E-state index is 0.614. The second-order valence-corrected chi connectivity index (χ2v) is 6.51. The molecular formula is C15H20N2S. The Bertz CT molecular complexity index is 503. The summed E-state index contributed by atoms with van der Waals surface area (Å²) < 4.78 is 0. The highest BCUT2D eigenvalue weighted by molar-refractivity contribution is 7.80. The number of fused-ring (bicyclic) bond motifs is 4. The van der Waals surface area contributed by atoms with E-state index in [1.807, 2.05) is 0 Å². The second-order valence-electron chi connectivity index (χ2n) is 6.07. The van der Waals surface area contributed by atoms with Gasteiger partial charge in [0.05, 0.1) is 0 Å². The number of aromatic amines is 1.